The zero-order chi connectivity index (χ0) is 7.56. The first-order valence-corrected chi connectivity index (χ1v) is 4.23. The Balaban J connectivity index is 2.40. The summed E-state index contributed by atoms with van der Waals surface area (Å²) < 4.78 is 0. The molecule has 0 aliphatic carbocycles. The van der Waals surface area contributed by atoms with Crippen molar-refractivity contribution in [2.75, 3.05) is 6.54 Å². The maximum absolute atomic E-state index is 5.91. The van der Waals surface area contributed by atoms with E-state index < -0.39 is 0 Å². The van der Waals surface area contributed by atoms with Gasteiger partial charge in [0, 0.05) is 6.04 Å². The largest absolute Gasteiger partial charge is 0.307 e. The van der Waals surface area contributed by atoms with Crippen molar-refractivity contribution >= 4 is 7.85 Å². The zero-order valence-corrected chi connectivity index (χ0v) is 7.01. The summed E-state index contributed by atoms with van der Waals surface area (Å²) in [6, 6.07) is 0.621. The van der Waals surface area contributed by atoms with Crippen LogP contribution in [-0.4, -0.2) is 31.3 Å². The fourth-order valence-electron chi connectivity index (χ4n) is 1.62. The van der Waals surface area contributed by atoms with Crippen LogP contribution in [0.4, 0.5) is 0 Å². The Morgan fingerprint density at radius 3 is 2.50 bits per heavy atom. The monoisotopic (exact) mass is 137 g/mol. The van der Waals surface area contributed by atoms with Gasteiger partial charge in [0.15, 0.2) is 0 Å². The second kappa shape index (κ2) is 3.43. The molecule has 0 aromatic heterocycles. The molecule has 1 nitrogen and oxygen atoms in total. The Kier molecular flexibility index (Phi) is 2.78. The van der Waals surface area contributed by atoms with Crippen molar-refractivity contribution < 1.29 is 0 Å². The van der Waals surface area contributed by atoms with Crippen molar-refractivity contribution in [1.29, 1.82) is 0 Å². The van der Waals surface area contributed by atoms with Crippen molar-refractivity contribution in [3.63, 3.8) is 0 Å². The minimum atomic E-state index is 0.328. The number of rotatable bonds is 1. The van der Waals surface area contributed by atoms with Crippen LogP contribution in [-0.2, 0) is 0 Å². The molecule has 1 heterocycles. The Hall–Kier alpha value is 0.0249. The molecule has 1 aliphatic rings. The first-order chi connectivity index (χ1) is 4.72. The Bertz CT molecular complexity index is 103. The average Bonchev–Trinajstić information content (AvgIpc) is 1.88. The van der Waals surface area contributed by atoms with Crippen molar-refractivity contribution in [3.05, 3.63) is 0 Å². The van der Waals surface area contributed by atoms with Crippen LogP contribution in [0, 0.1) is 0 Å². The van der Waals surface area contributed by atoms with E-state index in [0.29, 0.717) is 12.0 Å². The van der Waals surface area contributed by atoms with Gasteiger partial charge in [0.1, 0.15) is 0 Å². The van der Waals surface area contributed by atoms with Crippen LogP contribution in [0.15, 0.2) is 0 Å². The third kappa shape index (κ3) is 1.75. The lowest BCUT2D eigenvalue weighted by atomic mass is 9.85. The second-order valence-corrected chi connectivity index (χ2v) is 3.39. The summed E-state index contributed by atoms with van der Waals surface area (Å²) >= 11 is 0. The van der Waals surface area contributed by atoms with Crippen LogP contribution >= 0.6 is 0 Å². The van der Waals surface area contributed by atoms with Crippen molar-refractivity contribution in [3.8, 4) is 0 Å². The highest BCUT2D eigenvalue weighted by Crippen LogP contribution is 2.16. The third-order valence-electron chi connectivity index (χ3n) is 2.26. The van der Waals surface area contributed by atoms with E-state index in [2.05, 4.69) is 18.7 Å². The first kappa shape index (κ1) is 8.12. The molecule has 0 amide bonds. The molecular formula is C8H16BN. The minimum Gasteiger partial charge on any atom is -0.307 e. The maximum atomic E-state index is 5.91. The summed E-state index contributed by atoms with van der Waals surface area (Å²) in [5.74, 6) is 0.328. The quantitative estimate of drug-likeness (QED) is 0.493. The lowest BCUT2D eigenvalue weighted by Gasteiger charge is -2.36. The van der Waals surface area contributed by atoms with Crippen LogP contribution in [0.3, 0.4) is 0 Å². The van der Waals surface area contributed by atoms with E-state index in [1.165, 1.54) is 25.8 Å². The third-order valence-corrected chi connectivity index (χ3v) is 2.26. The highest BCUT2D eigenvalue weighted by molar-refractivity contribution is 6.11. The van der Waals surface area contributed by atoms with E-state index in [4.69, 9.17) is 7.85 Å². The molecule has 2 radical (unpaired) electrons. The van der Waals surface area contributed by atoms with Crippen molar-refractivity contribution in [2.45, 2.75) is 45.1 Å². The summed E-state index contributed by atoms with van der Waals surface area (Å²) in [4.78, 5) is 2.38. The normalized spacial score (nSPS) is 29.3. The van der Waals surface area contributed by atoms with Gasteiger partial charge in [-0.1, -0.05) is 6.42 Å². The molecule has 2 heteroatoms. The predicted octanol–water partition coefficient (Wildman–Crippen LogP) is 1.38. The van der Waals surface area contributed by atoms with Gasteiger partial charge in [0.2, 0.25) is 0 Å². The smallest absolute Gasteiger partial charge is 0.0910 e. The van der Waals surface area contributed by atoms with Gasteiger partial charge < -0.3 is 4.90 Å². The summed E-state index contributed by atoms with van der Waals surface area (Å²) in [7, 11) is 5.91. The number of hydrogen-bond donors (Lipinski definition) is 0. The standard InChI is InChI=1S/C8H16BN/c1-7(2)10-6-4-3-5-8(10)9/h7-8H,3-6H2,1-2H3. The van der Waals surface area contributed by atoms with Gasteiger partial charge in [-0.15, -0.1) is 0 Å². The maximum Gasteiger partial charge on any atom is 0.0910 e. The summed E-state index contributed by atoms with van der Waals surface area (Å²) in [6.45, 7) is 5.62. The van der Waals surface area contributed by atoms with Gasteiger partial charge in [-0.05, 0) is 39.2 Å². The molecule has 0 N–H and O–H groups in total. The molecule has 1 unspecified atom stereocenters. The number of likely N-dealkylation sites (tertiary alicyclic amines) is 1. The molecule has 1 aliphatic heterocycles. The van der Waals surface area contributed by atoms with Gasteiger partial charge in [-0.25, -0.2) is 0 Å². The molecule has 1 atom stereocenters. The summed E-state index contributed by atoms with van der Waals surface area (Å²) in [5.41, 5.74) is 0. The van der Waals surface area contributed by atoms with Gasteiger partial charge in [0.05, 0.1) is 7.85 Å². The van der Waals surface area contributed by atoms with Gasteiger partial charge in [-0.3, -0.25) is 0 Å². The van der Waals surface area contributed by atoms with Gasteiger partial charge in [0.25, 0.3) is 0 Å². The fraction of sp³-hybridized carbons (Fsp3) is 1.00. The van der Waals surface area contributed by atoms with Crippen LogP contribution in [0.2, 0.25) is 0 Å². The molecule has 10 heavy (non-hydrogen) atoms. The Morgan fingerprint density at radius 1 is 1.40 bits per heavy atom. The predicted molar refractivity (Wildman–Crippen MR) is 45.2 cm³/mol. The summed E-state index contributed by atoms with van der Waals surface area (Å²) in [5, 5.41) is 0. The molecular weight excluding hydrogens is 121 g/mol. The minimum absolute atomic E-state index is 0.328. The highest BCUT2D eigenvalue weighted by Gasteiger charge is 2.19. The van der Waals surface area contributed by atoms with E-state index >= 15 is 0 Å². The van der Waals surface area contributed by atoms with Gasteiger partial charge >= 0.3 is 0 Å². The Morgan fingerprint density at radius 2 is 2.10 bits per heavy atom. The molecule has 0 spiro atoms. The molecule has 0 saturated carbocycles. The van der Waals surface area contributed by atoms with E-state index in [9.17, 15) is 0 Å². The second-order valence-electron chi connectivity index (χ2n) is 3.39. The molecule has 1 fully saturated rings. The number of nitrogens with zero attached hydrogens (tertiary/aromatic N) is 1. The number of piperidine rings is 1. The molecule has 0 aromatic rings. The van der Waals surface area contributed by atoms with Crippen LogP contribution in [0.25, 0.3) is 0 Å². The molecule has 1 saturated heterocycles. The fourth-order valence-corrected chi connectivity index (χ4v) is 1.62. The van der Waals surface area contributed by atoms with Crippen LogP contribution in [0.1, 0.15) is 33.1 Å². The van der Waals surface area contributed by atoms with Crippen LogP contribution in [0.5, 0.6) is 0 Å². The molecule has 56 valence electrons. The molecule has 1 rings (SSSR count). The van der Waals surface area contributed by atoms with Crippen molar-refractivity contribution in [1.82, 2.24) is 4.90 Å². The van der Waals surface area contributed by atoms with E-state index in [0.717, 1.165) is 0 Å². The SMILES string of the molecule is [B]C1CCCCN1C(C)C. The lowest BCUT2D eigenvalue weighted by molar-refractivity contribution is 0.159. The van der Waals surface area contributed by atoms with Gasteiger partial charge in [-0.2, -0.15) is 0 Å². The average molecular weight is 137 g/mol. The first-order valence-electron chi connectivity index (χ1n) is 4.23. The van der Waals surface area contributed by atoms with Crippen LogP contribution < -0.4 is 0 Å². The zero-order valence-electron chi connectivity index (χ0n) is 7.01. The van der Waals surface area contributed by atoms with E-state index in [1.807, 2.05) is 0 Å². The lowest BCUT2D eigenvalue weighted by Crippen LogP contribution is -2.44. The van der Waals surface area contributed by atoms with E-state index in [-0.39, 0.29) is 0 Å². The van der Waals surface area contributed by atoms with Crippen molar-refractivity contribution in [2.24, 2.45) is 0 Å². The highest BCUT2D eigenvalue weighted by atomic mass is 15.2. The Labute approximate surface area is 65.2 Å². The number of hydrogen-bond acceptors (Lipinski definition) is 1. The molecule has 0 bridgehead atoms. The summed E-state index contributed by atoms with van der Waals surface area (Å²) in [6.07, 6.45) is 3.81. The topological polar surface area (TPSA) is 3.24 Å². The van der Waals surface area contributed by atoms with E-state index in [1.54, 1.807) is 0 Å². The molecule has 0 aromatic carbocycles.